The molecule has 0 radical (unpaired) electrons. The van der Waals surface area contributed by atoms with Gasteiger partial charge in [-0.05, 0) is 50.0 Å². The average Bonchev–Trinajstić information content (AvgIpc) is 2.64. The van der Waals surface area contributed by atoms with E-state index in [1.54, 1.807) is 7.11 Å². The number of likely N-dealkylation sites (tertiary alicyclic amines) is 1. The van der Waals surface area contributed by atoms with Crippen LogP contribution in [0.15, 0.2) is 24.3 Å². The van der Waals surface area contributed by atoms with Gasteiger partial charge < -0.3 is 19.7 Å². The summed E-state index contributed by atoms with van der Waals surface area (Å²) in [5.74, 6) is 1.54. The van der Waals surface area contributed by atoms with Crippen LogP contribution in [0.3, 0.4) is 0 Å². The molecule has 1 saturated heterocycles. The molecule has 2 rings (SSSR count). The van der Waals surface area contributed by atoms with E-state index in [1.165, 1.54) is 0 Å². The molecule has 1 fully saturated rings. The molecule has 0 aromatic heterocycles. The highest BCUT2D eigenvalue weighted by atomic mass is 16.5. The fraction of sp³-hybridized carbons (Fsp3) is 0.632. The maximum Gasteiger partial charge on any atom is 0.253 e. The quantitative estimate of drug-likeness (QED) is 0.705. The van der Waals surface area contributed by atoms with Gasteiger partial charge in [-0.25, -0.2) is 0 Å². The minimum Gasteiger partial charge on any atom is -0.493 e. The maximum atomic E-state index is 12.7. The van der Waals surface area contributed by atoms with Gasteiger partial charge in [-0.15, -0.1) is 0 Å². The monoisotopic (exact) mass is 334 g/mol. The summed E-state index contributed by atoms with van der Waals surface area (Å²) in [6.45, 7) is 7.16. The Morgan fingerprint density at radius 1 is 1.29 bits per heavy atom. The minimum atomic E-state index is 0.110. The van der Waals surface area contributed by atoms with Crippen molar-refractivity contribution < 1.29 is 14.3 Å². The molecule has 5 nitrogen and oxygen atoms in total. The molecule has 0 aliphatic carbocycles. The van der Waals surface area contributed by atoms with E-state index in [1.807, 2.05) is 29.2 Å². The van der Waals surface area contributed by atoms with Crippen LogP contribution >= 0.6 is 0 Å². The van der Waals surface area contributed by atoms with Crippen LogP contribution in [-0.2, 0) is 4.74 Å². The zero-order chi connectivity index (χ0) is 17.2. The molecule has 1 aromatic rings. The van der Waals surface area contributed by atoms with Crippen LogP contribution in [0.4, 0.5) is 0 Å². The molecule has 1 N–H and O–H groups in total. The zero-order valence-corrected chi connectivity index (χ0v) is 14.9. The van der Waals surface area contributed by atoms with Crippen LogP contribution in [0, 0.1) is 5.92 Å². The molecule has 0 saturated carbocycles. The Balaban J connectivity index is 1.84. The predicted molar refractivity (Wildman–Crippen MR) is 95.6 cm³/mol. The van der Waals surface area contributed by atoms with Crippen molar-refractivity contribution in [2.75, 3.05) is 46.5 Å². The van der Waals surface area contributed by atoms with Gasteiger partial charge in [0.05, 0.1) is 6.61 Å². The molecule has 0 bridgehead atoms. The summed E-state index contributed by atoms with van der Waals surface area (Å²) in [6.07, 6.45) is 2.99. The van der Waals surface area contributed by atoms with Crippen LogP contribution in [0.5, 0.6) is 5.75 Å². The Bertz CT molecular complexity index is 499. The van der Waals surface area contributed by atoms with Gasteiger partial charge in [-0.3, -0.25) is 4.79 Å². The Morgan fingerprint density at radius 3 is 2.79 bits per heavy atom. The number of methoxy groups -OCH3 is 1. The van der Waals surface area contributed by atoms with Gasteiger partial charge in [0.25, 0.3) is 5.91 Å². The third kappa shape index (κ3) is 5.80. The predicted octanol–water partition coefficient (Wildman–Crippen LogP) is 2.56. The zero-order valence-electron chi connectivity index (χ0n) is 14.9. The lowest BCUT2D eigenvalue weighted by Gasteiger charge is -2.32. The van der Waals surface area contributed by atoms with Crippen molar-refractivity contribution in [3.05, 3.63) is 29.8 Å². The van der Waals surface area contributed by atoms with Crippen LogP contribution < -0.4 is 10.1 Å². The highest BCUT2D eigenvalue weighted by Crippen LogP contribution is 2.20. The van der Waals surface area contributed by atoms with Gasteiger partial charge in [0.2, 0.25) is 0 Å². The number of amides is 1. The lowest BCUT2D eigenvalue weighted by molar-refractivity contribution is 0.0689. The molecular weight excluding hydrogens is 304 g/mol. The summed E-state index contributed by atoms with van der Waals surface area (Å²) in [7, 11) is 1.68. The summed E-state index contributed by atoms with van der Waals surface area (Å²) in [6, 6.07) is 7.50. The van der Waals surface area contributed by atoms with E-state index in [9.17, 15) is 4.79 Å². The van der Waals surface area contributed by atoms with E-state index in [0.717, 1.165) is 51.2 Å². The number of benzene rings is 1. The second-order valence-electron chi connectivity index (χ2n) is 6.27. The molecule has 1 aliphatic rings. The molecule has 5 heteroatoms. The first-order chi connectivity index (χ1) is 11.7. The highest BCUT2D eigenvalue weighted by Gasteiger charge is 2.23. The first kappa shape index (κ1) is 18.7. The van der Waals surface area contributed by atoms with Crippen LogP contribution in [0.2, 0.25) is 0 Å². The normalized spacial score (nSPS) is 15.5. The second kappa shape index (κ2) is 10.3. The smallest absolute Gasteiger partial charge is 0.253 e. The number of carbonyl (C=O) groups is 1. The van der Waals surface area contributed by atoms with E-state index >= 15 is 0 Å². The molecule has 0 atom stereocenters. The molecule has 0 spiro atoms. The standard InChI is InChI=1S/C19H30N2O3/c1-3-20-15-16-8-10-21(11-9-16)19(22)17-6-4-7-18(14-17)24-13-5-12-23-2/h4,6-7,14,16,20H,3,5,8-13,15H2,1-2H3. The van der Waals surface area contributed by atoms with E-state index in [0.29, 0.717) is 24.7 Å². The number of ether oxygens (including phenoxy) is 2. The Kier molecular flexibility index (Phi) is 8.05. The van der Waals surface area contributed by atoms with Gasteiger partial charge in [-0.2, -0.15) is 0 Å². The number of piperidine rings is 1. The number of hydrogen-bond donors (Lipinski definition) is 1. The summed E-state index contributed by atoms with van der Waals surface area (Å²) in [5.41, 5.74) is 0.712. The van der Waals surface area contributed by atoms with Crippen molar-refractivity contribution in [1.29, 1.82) is 0 Å². The van der Waals surface area contributed by atoms with Gasteiger partial charge in [0.15, 0.2) is 0 Å². The highest BCUT2D eigenvalue weighted by molar-refractivity contribution is 5.94. The lowest BCUT2D eigenvalue weighted by Crippen LogP contribution is -2.40. The van der Waals surface area contributed by atoms with Gasteiger partial charge in [0.1, 0.15) is 5.75 Å². The summed E-state index contributed by atoms with van der Waals surface area (Å²) in [4.78, 5) is 14.6. The fourth-order valence-electron chi connectivity index (χ4n) is 2.98. The van der Waals surface area contributed by atoms with Gasteiger partial charge >= 0.3 is 0 Å². The molecule has 1 aliphatic heterocycles. The molecule has 1 heterocycles. The third-order valence-corrected chi connectivity index (χ3v) is 4.43. The van der Waals surface area contributed by atoms with Crippen LogP contribution in [0.25, 0.3) is 0 Å². The van der Waals surface area contributed by atoms with Crippen molar-refractivity contribution in [3.63, 3.8) is 0 Å². The van der Waals surface area contributed by atoms with Crippen molar-refractivity contribution in [1.82, 2.24) is 10.2 Å². The first-order valence-corrected chi connectivity index (χ1v) is 8.96. The fourth-order valence-corrected chi connectivity index (χ4v) is 2.98. The summed E-state index contributed by atoms with van der Waals surface area (Å²) >= 11 is 0. The molecular formula is C19H30N2O3. The SMILES string of the molecule is CCNCC1CCN(C(=O)c2cccc(OCCCOC)c2)CC1. The van der Waals surface area contributed by atoms with Gasteiger partial charge in [-0.1, -0.05) is 13.0 Å². The van der Waals surface area contributed by atoms with Gasteiger partial charge in [0, 0.05) is 38.8 Å². The second-order valence-corrected chi connectivity index (χ2v) is 6.27. The van der Waals surface area contributed by atoms with E-state index < -0.39 is 0 Å². The lowest BCUT2D eigenvalue weighted by atomic mass is 9.96. The van der Waals surface area contributed by atoms with E-state index in [2.05, 4.69) is 12.2 Å². The topological polar surface area (TPSA) is 50.8 Å². The number of nitrogens with one attached hydrogen (secondary N) is 1. The number of rotatable bonds is 9. The van der Waals surface area contributed by atoms with Crippen molar-refractivity contribution in [3.8, 4) is 5.75 Å². The van der Waals surface area contributed by atoms with E-state index in [-0.39, 0.29) is 5.91 Å². The minimum absolute atomic E-state index is 0.110. The van der Waals surface area contributed by atoms with Crippen molar-refractivity contribution in [2.24, 2.45) is 5.92 Å². The first-order valence-electron chi connectivity index (χ1n) is 8.96. The molecule has 1 aromatic carbocycles. The molecule has 0 unspecified atom stereocenters. The Labute approximate surface area is 145 Å². The Hall–Kier alpha value is -1.59. The third-order valence-electron chi connectivity index (χ3n) is 4.43. The number of carbonyl (C=O) groups excluding carboxylic acids is 1. The number of hydrogen-bond acceptors (Lipinski definition) is 4. The average molecular weight is 334 g/mol. The maximum absolute atomic E-state index is 12.7. The van der Waals surface area contributed by atoms with Crippen molar-refractivity contribution in [2.45, 2.75) is 26.2 Å². The Morgan fingerprint density at radius 2 is 2.08 bits per heavy atom. The molecule has 134 valence electrons. The summed E-state index contributed by atoms with van der Waals surface area (Å²) in [5, 5.41) is 3.40. The van der Waals surface area contributed by atoms with Crippen LogP contribution in [0.1, 0.15) is 36.5 Å². The molecule has 24 heavy (non-hydrogen) atoms. The van der Waals surface area contributed by atoms with Crippen molar-refractivity contribution >= 4 is 5.91 Å². The van der Waals surface area contributed by atoms with Crippen LogP contribution in [-0.4, -0.2) is 57.3 Å². The summed E-state index contributed by atoms with van der Waals surface area (Å²) < 4.78 is 10.7. The molecule has 1 amide bonds. The number of nitrogens with zero attached hydrogens (tertiary/aromatic N) is 1. The largest absolute Gasteiger partial charge is 0.493 e. The van der Waals surface area contributed by atoms with E-state index in [4.69, 9.17) is 9.47 Å².